The van der Waals surface area contributed by atoms with Gasteiger partial charge in [0.2, 0.25) is 0 Å². The first-order valence-corrected chi connectivity index (χ1v) is 5.34. The van der Waals surface area contributed by atoms with Crippen molar-refractivity contribution in [2.45, 2.75) is 50.4 Å². The van der Waals surface area contributed by atoms with Gasteiger partial charge in [-0.3, -0.25) is 0 Å². The third kappa shape index (κ3) is 5.37. The zero-order valence-electron chi connectivity index (χ0n) is 8.94. The number of methoxy groups -OCH3 is 1. The predicted molar refractivity (Wildman–Crippen MR) is 51.7 cm³/mol. The fourth-order valence-corrected chi connectivity index (χ4v) is 1.96. The van der Waals surface area contributed by atoms with Crippen molar-refractivity contribution < 1.29 is 17.9 Å². The van der Waals surface area contributed by atoms with E-state index in [1.807, 2.05) is 0 Å². The van der Waals surface area contributed by atoms with Crippen LogP contribution in [0.1, 0.15) is 32.1 Å². The van der Waals surface area contributed by atoms with Crippen LogP contribution in [0.3, 0.4) is 0 Å². The predicted octanol–water partition coefficient (Wildman–Crippen LogP) is 2.49. The molecular formula is C10H18F3NO. The van der Waals surface area contributed by atoms with Gasteiger partial charge < -0.3 is 10.1 Å². The summed E-state index contributed by atoms with van der Waals surface area (Å²) in [5.41, 5.74) is 0. The second-order valence-electron chi connectivity index (χ2n) is 4.04. The van der Waals surface area contributed by atoms with Crippen LogP contribution in [0.15, 0.2) is 0 Å². The molecule has 1 saturated carbocycles. The first kappa shape index (κ1) is 12.8. The number of hydrogen-bond donors (Lipinski definition) is 1. The molecule has 0 aliphatic heterocycles. The summed E-state index contributed by atoms with van der Waals surface area (Å²) >= 11 is 0. The average molecular weight is 225 g/mol. The van der Waals surface area contributed by atoms with Gasteiger partial charge in [-0.2, -0.15) is 13.2 Å². The molecule has 0 amide bonds. The molecule has 15 heavy (non-hydrogen) atoms. The van der Waals surface area contributed by atoms with E-state index in [0.29, 0.717) is 0 Å². The van der Waals surface area contributed by atoms with Crippen molar-refractivity contribution in [1.29, 1.82) is 0 Å². The highest BCUT2D eigenvalue weighted by molar-refractivity contribution is 4.78. The highest BCUT2D eigenvalue weighted by Gasteiger charge is 2.27. The standard InChI is InChI=1S/C10H18F3NO/c1-15-9-4-2-3-8(7-9)14-6-5-10(11,12)13/h8-9,14H,2-7H2,1H3. The lowest BCUT2D eigenvalue weighted by Gasteiger charge is -2.29. The zero-order chi connectivity index (χ0) is 11.3. The van der Waals surface area contributed by atoms with Crippen LogP contribution in [0.2, 0.25) is 0 Å². The van der Waals surface area contributed by atoms with Crippen molar-refractivity contribution >= 4 is 0 Å². The van der Waals surface area contributed by atoms with Crippen LogP contribution >= 0.6 is 0 Å². The molecule has 5 heteroatoms. The van der Waals surface area contributed by atoms with E-state index in [-0.39, 0.29) is 18.7 Å². The number of rotatable bonds is 4. The summed E-state index contributed by atoms with van der Waals surface area (Å²) < 4.78 is 40.9. The first-order chi connectivity index (χ1) is 7.01. The Morgan fingerprint density at radius 1 is 1.33 bits per heavy atom. The van der Waals surface area contributed by atoms with Crippen LogP contribution in [-0.4, -0.2) is 32.0 Å². The van der Waals surface area contributed by atoms with Crippen molar-refractivity contribution in [2.24, 2.45) is 0 Å². The molecule has 1 rings (SSSR count). The SMILES string of the molecule is COC1CCCC(NCCC(F)(F)F)C1. The molecule has 0 spiro atoms. The van der Waals surface area contributed by atoms with Gasteiger partial charge in [-0.15, -0.1) is 0 Å². The van der Waals surface area contributed by atoms with E-state index < -0.39 is 12.6 Å². The van der Waals surface area contributed by atoms with Crippen molar-refractivity contribution in [3.05, 3.63) is 0 Å². The van der Waals surface area contributed by atoms with E-state index in [4.69, 9.17) is 4.74 Å². The lowest BCUT2D eigenvalue weighted by Crippen LogP contribution is -2.38. The molecule has 0 bridgehead atoms. The Bertz CT molecular complexity index is 184. The van der Waals surface area contributed by atoms with Gasteiger partial charge in [0.05, 0.1) is 12.5 Å². The van der Waals surface area contributed by atoms with Crippen LogP contribution in [0.5, 0.6) is 0 Å². The van der Waals surface area contributed by atoms with Gasteiger partial charge in [-0.25, -0.2) is 0 Å². The minimum Gasteiger partial charge on any atom is -0.381 e. The molecule has 1 aliphatic carbocycles. The second kappa shape index (κ2) is 5.70. The van der Waals surface area contributed by atoms with Gasteiger partial charge in [-0.05, 0) is 25.7 Å². The molecular weight excluding hydrogens is 207 g/mol. The van der Waals surface area contributed by atoms with Crippen molar-refractivity contribution in [1.82, 2.24) is 5.32 Å². The maximum atomic E-state index is 11.9. The van der Waals surface area contributed by atoms with Crippen LogP contribution in [0.25, 0.3) is 0 Å². The molecule has 1 N–H and O–H groups in total. The van der Waals surface area contributed by atoms with E-state index in [1.54, 1.807) is 7.11 Å². The van der Waals surface area contributed by atoms with Gasteiger partial charge in [0.1, 0.15) is 0 Å². The maximum Gasteiger partial charge on any atom is 0.390 e. The number of halogens is 3. The van der Waals surface area contributed by atoms with Gasteiger partial charge in [0.25, 0.3) is 0 Å². The molecule has 2 nitrogen and oxygen atoms in total. The van der Waals surface area contributed by atoms with Gasteiger partial charge in [0, 0.05) is 19.7 Å². The van der Waals surface area contributed by atoms with E-state index in [2.05, 4.69) is 5.32 Å². The normalized spacial score (nSPS) is 28.0. The maximum absolute atomic E-state index is 11.9. The minimum atomic E-state index is -4.05. The fourth-order valence-electron chi connectivity index (χ4n) is 1.96. The first-order valence-electron chi connectivity index (χ1n) is 5.34. The molecule has 0 radical (unpaired) electrons. The Morgan fingerprint density at radius 3 is 2.67 bits per heavy atom. The van der Waals surface area contributed by atoms with Crippen LogP contribution in [-0.2, 0) is 4.74 Å². The summed E-state index contributed by atoms with van der Waals surface area (Å²) in [5.74, 6) is 0. The molecule has 0 heterocycles. The third-order valence-corrected chi connectivity index (χ3v) is 2.80. The van der Waals surface area contributed by atoms with Crippen LogP contribution in [0, 0.1) is 0 Å². The number of hydrogen-bond acceptors (Lipinski definition) is 2. The molecule has 90 valence electrons. The van der Waals surface area contributed by atoms with Gasteiger partial charge in [-0.1, -0.05) is 0 Å². The molecule has 2 atom stereocenters. The third-order valence-electron chi connectivity index (χ3n) is 2.80. The van der Waals surface area contributed by atoms with E-state index >= 15 is 0 Å². The monoisotopic (exact) mass is 225 g/mol. The van der Waals surface area contributed by atoms with Crippen LogP contribution < -0.4 is 5.32 Å². The molecule has 0 aromatic rings. The topological polar surface area (TPSA) is 21.3 Å². The zero-order valence-corrected chi connectivity index (χ0v) is 8.94. The van der Waals surface area contributed by atoms with Crippen molar-refractivity contribution in [3.8, 4) is 0 Å². The number of ether oxygens (including phenoxy) is 1. The lowest BCUT2D eigenvalue weighted by molar-refractivity contribution is -0.133. The molecule has 2 unspecified atom stereocenters. The summed E-state index contributed by atoms with van der Waals surface area (Å²) in [4.78, 5) is 0. The second-order valence-corrected chi connectivity index (χ2v) is 4.04. The molecule has 0 saturated heterocycles. The largest absolute Gasteiger partial charge is 0.390 e. The van der Waals surface area contributed by atoms with Gasteiger partial charge >= 0.3 is 6.18 Å². The highest BCUT2D eigenvalue weighted by atomic mass is 19.4. The summed E-state index contributed by atoms with van der Waals surface area (Å²) in [6.07, 6.45) is -0.756. The average Bonchev–Trinajstić information content (AvgIpc) is 2.16. The molecule has 0 aromatic carbocycles. The van der Waals surface area contributed by atoms with Gasteiger partial charge in [0.15, 0.2) is 0 Å². The lowest BCUT2D eigenvalue weighted by atomic mass is 9.93. The number of alkyl halides is 3. The quantitative estimate of drug-likeness (QED) is 0.793. The Balaban J connectivity index is 2.15. The van der Waals surface area contributed by atoms with E-state index in [0.717, 1.165) is 25.7 Å². The summed E-state index contributed by atoms with van der Waals surface area (Å²) in [6, 6.07) is 0.186. The smallest absolute Gasteiger partial charge is 0.381 e. The Labute approximate surface area is 88.2 Å². The van der Waals surface area contributed by atoms with Crippen LogP contribution in [0.4, 0.5) is 13.2 Å². The molecule has 0 aromatic heterocycles. The van der Waals surface area contributed by atoms with Crippen molar-refractivity contribution in [3.63, 3.8) is 0 Å². The van der Waals surface area contributed by atoms with Crippen molar-refractivity contribution in [2.75, 3.05) is 13.7 Å². The minimum absolute atomic E-state index is 0.0185. The summed E-state index contributed by atoms with van der Waals surface area (Å²) in [6.45, 7) is 0.0185. The fraction of sp³-hybridized carbons (Fsp3) is 1.00. The highest BCUT2D eigenvalue weighted by Crippen LogP contribution is 2.22. The Kier molecular flexibility index (Phi) is 4.86. The summed E-state index contributed by atoms with van der Waals surface area (Å²) in [7, 11) is 1.66. The Morgan fingerprint density at radius 2 is 2.07 bits per heavy atom. The summed E-state index contributed by atoms with van der Waals surface area (Å²) in [5, 5.41) is 2.94. The molecule has 1 fully saturated rings. The van der Waals surface area contributed by atoms with E-state index in [9.17, 15) is 13.2 Å². The number of nitrogens with one attached hydrogen (secondary N) is 1. The Hall–Kier alpha value is -0.290. The molecule has 1 aliphatic rings. The van der Waals surface area contributed by atoms with E-state index in [1.165, 1.54) is 0 Å².